The number of halogens is 3. The van der Waals surface area contributed by atoms with Crippen molar-refractivity contribution in [2.24, 2.45) is 0 Å². The number of ether oxygens (including phenoxy) is 1. The first-order chi connectivity index (χ1) is 9.80. The van der Waals surface area contributed by atoms with Crippen LogP contribution in [0, 0.1) is 0 Å². The van der Waals surface area contributed by atoms with E-state index in [1.165, 1.54) is 19.2 Å². The van der Waals surface area contributed by atoms with Crippen molar-refractivity contribution >= 4 is 17.6 Å². The van der Waals surface area contributed by atoms with Gasteiger partial charge in [0.15, 0.2) is 6.61 Å². The van der Waals surface area contributed by atoms with Crippen LogP contribution in [-0.4, -0.2) is 43.3 Å². The molecule has 1 aromatic heterocycles. The van der Waals surface area contributed by atoms with Crippen molar-refractivity contribution in [1.29, 1.82) is 0 Å². The van der Waals surface area contributed by atoms with Crippen LogP contribution < -0.4 is 20.7 Å². The number of nitrogens with one attached hydrogen (secondary N) is 3. The number of carbonyl (C=O) groups is 2. The summed E-state index contributed by atoms with van der Waals surface area (Å²) in [4.78, 5) is 25.9. The number of hydrogen-bond acceptors (Lipinski definition) is 4. The quantitative estimate of drug-likeness (QED) is 0.753. The summed E-state index contributed by atoms with van der Waals surface area (Å²) < 4.78 is 40.2. The van der Waals surface area contributed by atoms with Gasteiger partial charge in [0.05, 0.1) is 18.4 Å². The minimum atomic E-state index is -4.45. The summed E-state index contributed by atoms with van der Waals surface area (Å²) in [6.07, 6.45) is -3.32. The van der Waals surface area contributed by atoms with Crippen molar-refractivity contribution in [2.75, 3.05) is 25.5 Å². The van der Waals surface area contributed by atoms with E-state index in [9.17, 15) is 22.8 Å². The minimum Gasteiger partial charge on any atom is -0.468 e. The van der Waals surface area contributed by atoms with Gasteiger partial charge in [-0.15, -0.1) is 0 Å². The fourth-order valence-corrected chi connectivity index (χ4v) is 1.12. The van der Waals surface area contributed by atoms with E-state index in [0.717, 1.165) is 6.20 Å². The van der Waals surface area contributed by atoms with Crippen LogP contribution in [0.2, 0.25) is 0 Å². The Labute approximate surface area is 117 Å². The maximum absolute atomic E-state index is 11.9. The molecule has 3 N–H and O–H groups in total. The van der Waals surface area contributed by atoms with Gasteiger partial charge < -0.3 is 20.7 Å². The van der Waals surface area contributed by atoms with Gasteiger partial charge in [-0.3, -0.25) is 4.79 Å². The first-order valence-corrected chi connectivity index (χ1v) is 5.71. The summed E-state index contributed by atoms with van der Waals surface area (Å²) >= 11 is 0. The third-order valence-corrected chi connectivity index (χ3v) is 2.07. The molecule has 0 unspecified atom stereocenters. The second-order valence-electron chi connectivity index (χ2n) is 3.77. The van der Waals surface area contributed by atoms with Gasteiger partial charge in [-0.25, -0.2) is 9.78 Å². The molecule has 0 fully saturated rings. The first-order valence-electron chi connectivity index (χ1n) is 5.71. The van der Waals surface area contributed by atoms with Gasteiger partial charge in [0.1, 0.15) is 0 Å². The van der Waals surface area contributed by atoms with Crippen molar-refractivity contribution < 1.29 is 27.5 Å². The molecule has 0 aliphatic heterocycles. The Kier molecular flexibility index (Phi) is 5.76. The number of hydrogen-bond donors (Lipinski definition) is 3. The lowest BCUT2D eigenvalue weighted by Gasteiger charge is -2.09. The molecule has 21 heavy (non-hydrogen) atoms. The molecule has 0 aliphatic carbocycles. The Hall–Kier alpha value is -2.52. The zero-order valence-electron chi connectivity index (χ0n) is 11.0. The molecule has 10 heteroatoms. The Morgan fingerprint density at radius 3 is 2.57 bits per heavy atom. The van der Waals surface area contributed by atoms with Crippen LogP contribution in [0.4, 0.5) is 23.7 Å². The predicted octanol–water partition coefficient (Wildman–Crippen LogP) is 0.890. The number of aromatic nitrogens is 1. The summed E-state index contributed by atoms with van der Waals surface area (Å²) in [6, 6.07) is 1.85. The van der Waals surface area contributed by atoms with Gasteiger partial charge in [-0.1, -0.05) is 0 Å². The van der Waals surface area contributed by atoms with Gasteiger partial charge in [-0.2, -0.15) is 13.2 Å². The Morgan fingerprint density at radius 2 is 2.05 bits per heavy atom. The summed E-state index contributed by atoms with van der Waals surface area (Å²) in [7, 11) is 1.42. The minimum absolute atomic E-state index is 0.206. The van der Waals surface area contributed by atoms with E-state index in [0.29, 0.717) is 0 Å². The molecule has 0 bridgehead atoms. The highest BCUT2D eigenvalue weighted by Gasteiger charge is 2.28. The lowest BCUT2D eigenvalue weighted by molar-refractivity contribution is -0.154. The maximum Gasteiger partial charge on any atom is 0.422 e. The van der Waals surface area contributed by atoms with Crippen molar-refractivity contribution in [3.63, 3.8) is 0 Å². The Bertz CT molecular complexity index is 490. The summed E-state index contributed by atoms with van der Waals surface area (Å²) in [5, 5.41) is 6.94. The lowest BCUT2D eigenvalue weighted by atomic mass is 10.4. The number of pyridine rings is 1. The van der Waals surface area contributed by atoms with Crippen molar-refractivity contribution in [3.05, 3.63) is 18.3 Å². The Balaban J connectivity index is 2.43. The summed E-state index contributed by atoms with van der Waals surface area (Å²) in [6.45, 7) is -1.65. The third-order valence-electron chi connectivity index (χ3n) is 2.07. The molecule has 0 radical (unpaired) electrons. The van der Waals surface area contributed by atoms with E-state index < -0.39 is 18.8 Å². The zero-order chi connectivity index (χ0) is 15.9. The number of rotatable bonds is 5. The van der Waals surface area contributed by atoms with Crippen LogP contribution in [0.1, 0.15) is 0 Å². The molecule has 1 heterocycles. The van der Waals surface area contributed by atoms with Crippen LogP contribution >= 0.6 is 0 Å². The smallest absolute Gasteiger partial charge is 0.422 e. The van der Waals surface area contributed by atoms with E-state index >= 15 is 0 Å². The molecular weight excluding hydrogens is 293 g/mol. The Morgan fingerprint density at radius 1 is 1.33 bits per heavy atom. The van der Waals surface area contributed by atoms with E-state index in [-0.39, 0.29) is 24.0 Å². The second kappa shape index (κ2) is 7.31. The van der Waals surface area contributed by atoms with Crippen molar-refractivity contribution in [1.82, 2.24) is 15.6 Å². The van der Waals surface area contributed by atoms with Crippen LogP contribution in [0.5, 0.6) is 5.88 Å². The maximum atomic E-state index is 11.9. The number of urea groups is 1. The standard InChI is InChI=1S/C11H13F3N4O3/c1-15-8(19)5-17-10(20)18-7-2-3-9(16-4-7)21-6-11(12,13)14/h2-4H,5-6H2,1H3,(H,15,19)(H2,17,18,20). The number of carbonyl (C=O) groups excluding carboxylic acids is 2. The average molecular weight is 306 g/mol. The highest BCUT2D eigenvalue weighted by molar-refractivity contribution is 5.92. The van der Waals surface area contributed by atoms with E-state index in [1.807, 2.05) is 0 Å². The van der Waals surface area contributed by atoms with Gasteiger partial charge in [0, 0.05) is 13.1 Å². The first kappa shape index (κ1) is 16.5. The second-order valence-corrected chi connectivity index (χ2v) is 3.77. The number of alkyl halides is 3. The molecule has 0 saturated carbocycles. The molecule has 0 aromatic carbocycles. The van der Waals surface area contributed by atoms with Crippen molar-refractivity contribution in [3.8, 4) is 5.88 Å². The third kappa shape index (κ3) is 6.99. The fraction of sp³-hybridized carbons (Fsp3) is 0.364. The average Bonchev–Trinajstić information content (AvgIpc) is 2.43. The molecular formula is C11H13F3N4O3. The van der Waals surface area contributed by atoms with Crippen LogP contribution in [0.15, 0.2) is 18.3 Å². The van der Waals surface area contributed by atoms with Gasteiger partial charge >= 0.3 is 12.2 Å². The highest BCUT2D eigenvalue weighted by Crippen LogP contribution is 2.17. The van der Waals surface area contributed by atoms with Gasteiger partial charge in [0.25, 0.3) is 0 Å². The molecule has 0 saturated heterocycles. The highest BCUT2D eigenvalue weighted by atomic mass is 19.4. The molecule has 3 amide bonds. The fourth-order valence-electron chi connectivity index (χ4n) is 1.12. The van der Waals surface area contributed by atoms with Gasteiger partial charge in [0.2, 0.25) is 11.8 Å². The summed E-state index contributed by atoms with van der Waals surface area (Å²) in [5.41, 5.74) is 0.240. The molecule has 116 valence electrons. The SMILES string of the molecule is CNC(=O)CNC(=O)Nc1ccc(OCC(F)(F)F)nc1. The van der Waals surface area contributed by atoms with Gasteiger partial charge in [-0.05, 0) is 6.07 Å². The zero-order valence-corrected chi connectivity index (χ0v) is 11.0. The molecule has 0 aliphatic rings. The van der Waals surface area contributed by atoms with E-state index in [2.05, 4.69) is 25.7 Å². The summed E-state index contributed by atoms with van der Waals surface area (Å²) in [5.74, 6) is -0.595. The lowest BCUT2D eigenvalue weighted by Crippen LogP contribution is -2.37. The molecule has 1 rings (SSSR count). The van der Waals surface area contributed by atoms with E-state index in [4.69, 9.17) is 0 Å². The van der Waals surface area contributed by atoms with Crippen LogP contribution in [-0.2, 0) is 4.79 Å². The predicted molar refractivity (Wildman–Crippen MR) is 66.9 cm³/mol. The van der Waals surface area contributed by atoms with Crippen molar-refractivity contribution in [2.45, 2.75) is 6.18 Å². The number of likely N-dealkylation sites (N-methyl/N-ethyl adjacent to an activating group) is 1. The topological polar surface area (TPSA) is 92.4 Å². The van der Waals surface area contributed by atoms with E-state index in [1.54, 1.807) is 0 Å². The molecule has 0 spiro atoms. The number of amides is 3. The van der Waals surface area contributed by atoms with Crippen LogP contribution in [0.25, 0.3) is 0 Å². The van der Waals surface area contributed by atoms with Crippen LogP contribution in [0.3, 0.4) is 0 Å². The monoisotopic (exact) mass is 306 g/mol. The number of anilines is 1. The molecule has 0 atom stereocenters. The normalized spacial score (nSPS) is 10.7. The molecule has 7 nitrogen and oxygen atoms in total. The number of nitrogens with zero attached hydrogens (tertiary/aromatic N) is 1. The largest absolute Gasteiger partial charge is 0.468 e. The molecule has 1 aromatic rings.